The Balaban J connectivity index is 0.000000968. The summed E-state index contributed by atoms with van der Waals surface area (Å²) in [6.07, 6.45) is 2.00. The smallest absolute Gasteiger partial charge is 0.387 e. The van der Waals surface area contributed by atoms with Gasteiger partial charge in [-0.3, -0.25) is 4.79 Å². The van der Waals surface area contributed by atoms with E-state index in [1.54, 1.807) is 28.8 Å². The molecular weight excluding hydrogens is 435 g/mol. The average Bonchev–Trinajstić information content (AvgIpc) is 3.08. The lowest BCUT2D eigenvalue weighted by Crippen LogP contribution is -2.06. The van der Waals surface area contributed by atoms with E-state index in [0.29, 0.717) is 41.0 Å². The largest absolute Gasteiger partial charge is 0.483 e. The number of para-hydroxylation sites is 1. The van der Waals surface area contributed by atoms with Gasteiger partial charge in [0, 0.05) is 42.0 Å². The van der Waals surface area contributed by atoms with Crippen molar-refractivity contribution in [2.24, 2.45) is 5.73 Å². The van der Waals surface area contributed by atoms with Crippen LogP contribution in [0, 0.1) is 12.7 Å². The Morgan fingerprint density at radius 1 is 1.18 bits per heavy atom. The number of hydrogen-bond donors (Lipinski definition) is 2. The summed E-state index contributed by atoms with van der Waals surface area (Å²) < 4.78 is 46.7. The van der Waals surface area contributed by atoms with Crippen molar-refractivity contribution in [1.82, 2.24) is 9.38 Å². The van der Waals surface area contributed by atoms with Crippen molar-refractivity contribution in [1.29, 1.82) is 0 Å². The van der Waals surface area contributed by atoms with E-state index in [2.05, 4.69) is 9.72 Å². The van der Waals surface area contributed by atoms with Crippen LogP contribution < -0.4 is 10.5 Å². The number of carboxylic acid groups (broad SMARTS) is 1. The molecule has 0 unspecified atom stereocenters. The fourth-order valence-electron chi connectivity index (χ4n) is 3.52. The Hall–Kier alpha value is -3.85. The Bertz CT molecular complexity index is 1240. The molecule has 0 fully saturated rings. The van der Waals surface area contributed by atoms with Gasteiger partial charge in [0.1, 0.15) is 17.2 Å². The molecule has 3 N–H and O–H groups in total. The number of alkyl halides is 2. The number of fused-ring (bicyclic) bond motifs is 1. The van der Waals surface area contributed by atoms with Crippen molar-refractivity contribution < 1.29 is 27.8 Å². The molecule has 0 aliphatic heterocycles. The fraction of sp³-hybridized carbons (Fsp3) is 0.167. The van der Waals surface area contributed by atoms with E-state index in [1.807, 2.05) is 31.2 Å². The minimum absolute atomic E-state index is 0.113. The maximum atomic E-state index is 14.8. The van der Waals surface area contributed by atoms with E-state index >= 15 is 0 Å². The minimum atomic E-state index is -2.91. The van der Waals surface area contributed by atoms with Crippen LogP contribution >= 0.6 is 0 Å². The van der Waals surface area contributed by atoms with Crippen LogP contribution in [0.5, 0.6) is 5.75 Å². The van der Waals surface area contributed by atoms with Gasteiger partial charge in [0.15, 0.2) is 0 Å². The van der Waals surface area contributed by atoms with Gasteiger partial charge in [-0.1, -0.05) is 42.5 Å². The number of aromatic nitrogens is 2. The molecule has 172 valence electrons. The van der Waals surface area contributed by atoms with Gasteiger partial charge in [-0.05, 0) is 24.1 Å². The number of halogens is 3. The van der Waals surface area contributed by atoms with Crippen molar-refractivity contribution in [3.8, 4) is 16.9 Å². The number of carbonyl (C=O) groups is 1. The number of hydrogen-bond acceptors (Lipinski definition) is 4. The van der Waals surface area contributed by atoms with Crippen LogP contribution in [-0.2, 0) is 17.8 Å². The molecule has 0 saturated carbocycles. The SMILES string of the molecule is Cc1nc2cc(F)c(-c3ccc(CN)cc3)cn2c1Cc1ccccc1OC(F)F.O=CO. The summed E-state index contributed by atoms with van der Waals surface area (Å²) in [5.41, 5.74) is 10.2. The summed E-state index contributed by atoms with van der Waals surface area (Å²) >= 11 is 0. The van der Waals surface area contributed by atoms with Gasteiger partial charge in [0.2, 0.25) is 0 Å². The van der Waals surface area contributed by atoms with E-state index in [1.165, 1.54) is 12.1 Å². The van der Waals surface area contributed by atoms with E-state index in [4.69, 9.17) is 15.6 Å². The molecule has 4 aromatic rings. The number of nitrogens with two attached hydrogens (primary N) is 1. The molecule has 9 heteroatoms. The quantitative estimate of drug-likeness (QED) is 0.406. The van der Waals surface area contributed by atoms with Gasteiger partial charge in [-0.15, -0.1) is 0 Å². The van der Waals surface area contributed by atoms with Gasteiger partial charge in [-0.2, -0.15) is 8.78 Å². The van der Waals surface area contributed by atoms with Crippen LogP contribution in [0.3, 0.4) is 0 Å². The van der Waals surface area contributed by atoms with Crippen LogP contribution in [0.4, 0.5) is 13.2 Å². The molecule has 4 rings (SSSR count). The van der Waals surface area contributed by atoms with Gasteiger partial charge in [0.25, 0.3) is 6.47 Å². The van der Waals surface area contributed by atoms with Crippen LogP contribution in [0.1, 0.15) is 22.5 Å². The predicted molar refractivity (Wildman–Crippen MR) is 118 cm³/mol. The first kappa shape index (κ1) is 23.8. The Morgan fingerprint density at radius 3 is 2.48 bits per heavy atom. The van der Waals surface area contributed by atoms with Gasteiger partial charge in [0.05, 0.1) is 5.69 Å². The number of ether oxygens (including phenoxy) is 1. The molecule has 0 amide bonds. The highest BCUT2D eigenvalue weighted by atomic mass is 19.3. The average molecular weight is 457 g/mol. The second-order valence-corrected chi connectivity index (χ2v) is 7.08. The van der Waals surface area contributed by atoms with Gasteiger partial charge in [-0.25, -0.2) is 9.37 Å². The first-order valence-electron chi connectivity index (χ1n) is 9.95. The standard InChI is InChI=1S/C23H20F3N3O.CH2O2/c1-14-20(10-17-4-2-3-5-21(17)30-23(25)26)29-13-18(19(24)11-22(29)28-14)16-8-6-15(12-27)7-9-16;2-1-3/h2-9,11,13,23H,10,12,27H2,1H3;1H,(H,2,3). The fourth-order valence-corrected chi connectivity index (χ4v) is 3.52. The van der Waals surface area contributed by atoms with E-state index in [0.717, 1.165) is 11.3 Å². The molecule has 0 radical (unpaired) electrons. The van der Waals surface area contributed by atoms with Gasteiger partial charge >= 0.3 is 6.61 Å². The lowest BCUT2D eigenvalue weighted by atomic mass is 10.0. The number of pyridine rings is 1. The maximum absolute atomic E-state index is 14.8. The van der Waals surface area contributed by atoms with E-state index < -0.39 is 6.61 Å². The second-order valence-electron chi connectivity index (χ2n) is 7.08. The topological polar surface area (TPSA) is 89.9 Å². The zero-order chi connectivity index (χ0) is 24.0. The Kier molecular flexibility index (Phi) is 7.68. The minimum Gasteiger partial charge on any atom is -0.483 e. The number of imidazole rings is 1. The molecule has 2 aromatic heterocycles. The first-order valence-corrected chi connectivity index (χ1v) is 9.95. The molecule has 2 aromatic carbocycles. The second kappa shape index (κ2) is 10.6. The highest BCUT2D eigenvalue weighted by Gasteiger charge is 2.17. The van der Waals surface area contributed by atoms with Crippen molar-refractivity contribution in [3.63, 3.8) is 0 Å². The van der Waals surface area contributed by atoms with E-state index in [-0.39, 0.29) is 18.0 Å². The van der Waals surface area contributed by atoms with Crippen LogP contribution in [0.2, 0.25) is 0 Å². The molecule has 0 atom stereocenters. The monoisotopic (exact) mass is 457 g/mol. The molecule has 0 saturated heterocycles. The highest BCUT2D eigenvalue weighted by molar-refractivity contribution is 5.66. The van der Waals surface area contributed by atoms with Crippen molar-refractivity contribution in [2.75, 3.05) is 0 Å². The molecule has 33 heavy (non-hydrogen) atoms. The van der Waals surface area contributed by atoms with Crippen molar-refractivity contribution in [2.45, 2.75) is 26.5 Å². The molecule has 0 aliphatic rings. The highest BCUT2D eigenvalue weighted by Crippen LogP contribution is 2.29. The zero-order valence-corrected chi connectivity index (χ0v) is 17.7. The molecule has 2 heterocycles. The third kappa shape index (κ3) is 5.50. The number of benzene rings is 2. The molecular formula is C24H22F3N3O3. The van der Waals surface area contributed by atoms with Crippen molar-refractivity contribution >= 4 is 12.1 Å². The lowest BCUT2D eigenvalue weighted by Gasteiger charge is -2.12. The lowest BCUT2D eigenvalue weighted by molar-refractivity contribution is -0.122. The van der Waals surface area contributed by atoms with E-state index in [9.17, 15) is 13.2 Å². The zero-order valence-electron chi connectivity index (χ0n) is 17.7. The maximum Gasteiger partial charge on any atom is 0.387 e. The van der Waals surface area contributed by atoms with Crippen LogP contribution in [-0.4, -0.2) is 27.6 Å². The first-order chi connectivity index (χ1) is 15.9. The predicted octanol–water partition coefficient (Wildman–Crippen LogP) is 4.80. The summed E-state index contributed by atoms with van der Waals surface area (Å²) in [6, 6.07) is 15.4. The van der Waals surface area contributed by atoms with Crippen molar-refractivity contribution in [3.05, 3.63) is 89.1 Å². The third-order valence-electron chi connectivity index (χ3n) is 5.06. The Morgan fingerprint density at radius 2 is 1.85 bits per heavy atom. The summed E-state index contributed by atoms with van der Waals surface area (Å²) in [6.45, 7) is -0.939. The third-order valence-corrected chi connectivity index (χ3v) is 5.06. The summed E-state index contributed by atoms with van der Waals surface area (Å²) in [4.78, 5) is 12.8. The normalized spacial score (nSPS) is 10.7. The Labute approximate surface area is 188 Å². The summed E-state index contributed by atoms with van der Waals surface area (Å²) in [7, 11) is 0. The van der Waals surface area contributed by atoms with Crippen LogP contribution in [0.15, 0.2) is 60.8 Å². The number of rotatable bonds is 6. The summed E-state index contributed by atoms with van der Waals surface area (Å²) in [5, 5.41) is 6.89. The van der Waals surface area contributed by atoms with Gasteiger partial charge < -0.3 is 20.0 Å². The molecule has 6 nitrogen and oxygen atoms in total. The number of nitrogens with zero attached hydrogens (tertiary/aromatic N) is 2. The summed E-state index contributed by atoms with van der Waals surface area (Å²) in [5.74, 6) is -0.275. The molecule has 0 spiro atoms. The van der Waals surface area contributed by atoms with Crippen LogP contribution in [0.25, 0.3) is 16.8 Å². The molecule has 0 bridgehead atoms. The number of aryl methyl sites for hydroxylation is 1. The molecule has 0 aliphatic carbocycles.